The number of methoxy groups -OCH3 is 1. The SMILES string of the molecule is COCCNCCC=C(C)Cc1cccc(O)c1. The summed E-state index contributed by atoms with van der Waals surface area (Å²) < 4.78 is 4.96. The quantitative estimate of drug-likeness (QED) is 0.549. The fourth-order valence-corrected chi connectivity index (χ4v) is 1.78. The average Bonchev–Trinajstić information content (AvgIpc) is 2.33. The first-order valence-electron chi connectivity index (χ1n) is 6.35. The molecule has 0 heterocycles. The summed E-state index contributed by atoms with van der Waals surface area (Å²) in [6.45, 7) is 4.75. The molecule has 0 atom stereocenters. The van der Waals surface area contributed by atoms with E-state index in [-0.39, 0.29) is 0 Å². The van der Waals surface area contributed by atoms with E-state index in [0.29, 0.717) is 5.75 Å². The van der Waals surface area contributed by atoms with Crippen LogP contribution < -0.4 is 5.32 Å². The predicted octanol–water partition coefficient (Wildman–Crippen LogP) is 2.51. The van der Waals surface area contributed by atoms with Gasteiger partial charge in [-0.2, -0.15) is 0 Å². The Kier molecular flexibility index (Phi) is 7.14. The highest BCUT2D eigenvalue weighted by Crippen LogP contribution is 2.14. The summed E-state index contributed by atoms with van der Waals surface area (Å²) in [5.74, 6) is 0.335. The van der Waals surface area contributed by atoms with Crippen LogP contribution in [-0.2, 0) is 11.2 Å². The zero-order valence-corrected chi connectivity index (χ0v) is 11.3. The molecule has 3 heteroatoms. The molecule has 0 aliphatic rings. The van der Waals surface area contributed by atoms with Gasteiger partial charge >= 0.3 is 0 Å². The molecular weight excluding hydrogens is 226 g/mol. The molecule has 1 aromatic carbocycles. The van der Waals surface area contributed by atoms with E-state index in [2.05, 4.69) is 18.3 Å². The summed E-state index contributed by atoms with van der Waals surface area (Å²) in [6, 6.07) is 7.43. The van der Waals surface area contributed by atoms with Crippen molar-refractivity contribution < 1.29 is 9.84 Å². The molecule has 0 saturated heterocycles. The van der Waals surface area contributed by atoms with Crippen LogP contribution in [0.3, 0.4) is 0 Å². The van der Waals surface area contributed by atoms with Gasteiger partial charge in [0.1, 0.15) is 5.75 Å². The summed E-state index contributed by atoms with van der Waals surface area (Å²) in [5.41, 5.74) is 2.48. The van der Waals surface area contributed by atoms with Crippen LogP contribution in [0.1, 0.15) is 18.9 Å². The maximum Gasteiger partial charge on any atom is 0.115 e. The number of benzene rings is 1. The first-order valence-corrected chi connectivity index (χ1v) is 6.35. The Hall–Kier alpha value is -1.32. The molecule has 0 aliphatic heterocycles. The number of rotatable bonds is 8. The molecule has 0 fully saturated rings. The molecule has 2 N–H and O–H groups in total. The van der Waals surface area contributed by atoms with E-state index in [0.717, 1.165) is 38.1 Å². The highest BCUT2D eigenvalue weighted by molar-refractivity contribution is 5.29. The van der Waals surface area contributed by atoms with Gasteiger partial charge in [0.05, 0.1) is 6.61 Å². The third-order valence-electron chi connectivity index (χ3n) is 2.69. The van der Waals surface area contributed by atoms with Gasteiger partial charge in [-0.1, -0.05) is 23.8 Å². The van der Waals surface area contributed by atoms with Gasteiger partial charge in [-0.05, 0) is 44.0 Å². The number of phenolic OH excluding ortho intramolecular Hbond substituents is 1. The number of nitrogens with one attached hydrogen (secondary N) is 1. The van der Waals surface area contributed by atoms with Crippen molar-refractivity contribution in [1.82, 2.24) is 5.32 Å². The second-order valence-corrected chi connectivity index (χ2v) is 4.43. The Morgan fingerprint density at radius 1 is 1.39 bits per heavy atom. The Labute approximate surface area is 109 Å². The molecule has 3 nitrogen and oxygen atoms in total. The van der Waals surface area contributed by atoms with Crippen LogP contribution in [0.25, 0.3) is 0 Å². The second-order valence-electron chi connectivity index (χ2n) is 4.43. The summed E-state index contributed by atoms with van der Waals surface area (Å²) >= 11 is 0. The van der Waals surface area contributed by atoms with Crippen LogP contribution in [-0.4, -0.2) is 31.9 Å². The smallest absolute Gasteiger partial charge is 0.115 e. The minimum Gasteiger partial charge on any atom is -0.508 e. The van der Waals surface area contributed by atoms with Crippen molar-refractivity contribution in [2.75, 3.05) is 26.8 Å². The molecule has 0 spiro atoms. The Morgan fingerprint density at radius 3 is 2.94 bits per heavy atom. The average molecular weight is 249 g/mol. The van der Waals surface area contributed by atoms with Gasteiger partial charge in [0.2, 0.25) is 0 Å². The molecule has 100 valence electrons. The molecule has 1 aromatic rings. The Bertz CT molecular complexity index is 375. The minimum atomic E-state index is 0.335. The Morgan fingerprint density at radius 2 is 2.22 bits per heavy atom. The number of ether oxygens (including phenoxy) is 1. The highest BCUT2D eigenvalue weighted by Gasteiger charge is 1.96. The molecule has 18 heavy (non-hydrogen) atoms. The van der Waals surface area contributed by atoms with Crippen molar-refractivity contribution >= 4 is 0 Å². The van der Waals surface area contributed by atoms with E-state index in [1.54, 1.807) is 13.2 Å². The number of phenols is 1. The molecule has 0 saturated carbocycles. The number of aromatic hydroxyl groups is 1. The van der Waals surface area contributed by atoms with Crippen molar-refractivity contribution in [2.45, 2.75) is 19.8 Å². The lowest BCUT2D eigenvalue weighted by molar-refractivity contribution is 0.199. The van der Waals surface area contributed by atoms with Crippen LogP contribution >= 0.6 is 0 Å². The molecule has 0 bridgehead atoms. The lowest BCUT2D eigenvalue weighted by Gasteiger charge is -2.04. The summed E-state index contributed by atoms with van der Waals surface area (Å²) in [5, 5.41) is 12.7. The van der Waals surface area contributed by atoms with E-state index in [9.17, 15) is 5.11 Å². The standard InChI is InChI=1S/C15H23NO2/c1-13(5-4-8-16-9-10-18-2)11-14-6-3-7-15(17)12-14/h3,5-7,12,16-17H,4,8-11H2,1-2H3. The van der Waals surface area contributed by atoms with E-state index in [4.69, 9.17) is 4.74 Å². The molecule has 0 aromatic heterocycles. The number of hydrogen-bond donors (Lipinski definition) is 2. The summed E-state index contributed by atoms with van der Waals surface area (Å²) in [6.07, 6.45) is 4.16. The fourth-order valence-electron chi connectivity index (χ4n) is 1.78. The van der Waals surface area contributed by atoms with Crippen molar-refractivity contribution in [1.29, 1.82) is 0 Å². The van der Waals surface area contributed by atoms with E-state index in [1.165, 1.54) is 5.57 Å². The molecule has 0 amide bonds. The van der Waals surface area contributed by atoms with Crippen molar-refractivity contribution in [2.24, 2.45) is 0 Å². The van der Waals surface area contributed by atoms with Gasteiger partial charge in [0, 0.05) is 13.7 Å². The molecule has 1 rings (SSSR count). The van der Waals surface area contributed by atoms with E-state index < -0.39 is 0 Å². The predicted molar refractivity (Wildman–Crippen MR) is 74.9 cm³/mol. The topological polar surface area (TPSA) is 41.5 Å². The highest BCUT2D eigenvalue weighted by atomic mass is 16.5. The van der Waals surface area contributed by atoms with Gasteiger partial charge in [-0.15, -0.1) is 0 Å². The van der Waals surface area contributed by atoms with Crippen LogP contribution in [0.15, 0.2) is 35.9 Å². The lowest BCUT2D eigenvalue weighted by Crippen LogP contribution is -2.19. The van der Waals surface area contributed by atoms with Crippen molar-refractivity contribution in [3.05, 3.63) is 41.5 Å². The minimum absolute atomic E-state index is 0.335. The zero-order valence-electron chi connectivity index (χ0n) is 11.3. The fraction of sp³-hybridized carbons (Fsp3) is 0.467. The molecule has 0 unspecified atom stereocenters. The maximum atomic E-state index is 9.38. The first-order chi connectivity index (χ1) is 8.72. The van der Waals surface area contributed by atoms with Gasteiger partial charge in [-0.3, -0.25) is 0 Å². The van der Waals surface area contributed by atoms with Gasteiger partial charge < -0.3 is 15.2 Å². The third kappa shape index (κ3) is 6.42. The van der Waals surface area contributed by atoms with Crippen molar-refractivity contribution in [3.63, 3.8) is 0 Å². The van der Waals surface area contributed by atoms with Crippen LogP contribution in [0.4, 0.5) is 0 Å². The molecule has 0 radical (unpaired) electrons. The number of hydrogen-bond acceptors (Lipinski definition) is 3. The molecular formula is C15H23NO2. The maximum absolute atomic E-state index is 9.38. The first kappa shape index (κ1) is 14.7. The van der Waals surface area contributed by atoms with Gasteiger partial charge in [-0.25, -0.2) is 0 Å². The third-order valence-corrected chi connectivity index (χ3v) is 2.69. The lowest BCUT2D eigenvalue weighted by atomic mass is 10.1. The Balaban J connectivity index is 2.25. The molecule has 0 aliphatic carbocycles. The van der Waals surface area contributed by atoms with Crippen molar-refractivity contribution in [3.8, 4) is 5.75 Å². The van der Waals surface area contributed by atoms with Crippen LogP contribution in [0.2, 0.25) is 0 Å². The van der Waals surface area contributed by atoms with Crippen LogP contribution in [0, 0.1) is 0 Å². The second kappa shape index (κ2) is 8.72. The number of allylic oxidation sites excluding steroid dienone is 1. The van der Waals surface area contributed by atoms with Gasteiger partial charge in [0.25, 0.3) is 0 Å². The summed E-state index contributed by atoms with van der Waals surface area (Å²) in [4.78, 5) is 0. The van der Waals surface area contributed by atoms with Crippen LogP contribution in [0.5, 0.6) is 5.75 Å². The monoisotopic (exact) mass is 249 g/mol. The van der Waals surface area contributed by atoms with E-state index >= 15 is 0 Å². The largest absolute Gasteiger partial charge is 0.508 e. The normalized spacial score (nSPS) is 11.8. The summed E-state index contributed by atoms with van der Waals surface area (Å²) in [7, 11) is 1.71. The zero-order chi connectivity index (χ0) is 13.2. The van der Waals surface area contributed by atoms with E-state index in [1.807, 2.05) is 18.2 Å². The van der Waals surface area contributed by atoms with Gasteiger partial charge in [0.15, 0.2) is 0 Å².